The average molecular weight is 423 g/mol. The third kappa shape index (κ3) is 4.41. The number of alkyl halides is 3. The first kappa shape index (κ1) is 19.8. The molecular formula is C23H16F3N3S. The summed E-state index contributed by atoms with van der Waals surface area (Å²) in [6.45, 7) is 0. The molecule has 0 radical (unpaired) electrons. The van der Waals surface area contributed by atoms with Gasteiger partial charge in [0.05, 0.1) is 17.5 Å². The topological polar surface area (TPSA) is 29.6 Å². The number of rotatable bonds is 4. The fraction of sp³-hybridized carbons (Fsp3) is 0.0435. The van der Waals surface area contributed by atoms with Gasteiger partial charge >= 0.3 is 6.18 Å². The number of hydrogen-bond donors (Lipinski definition) is 0. The highest BCUT2D eigenvalue weighted by Gasteiger charge is 2.29. The number of para-hydroxylation sites is 1. The Labute approximate surface area is 175 Å². The van der Waals surface area contributed by atoms with Crippen LogP contribution < -0.4 is 4.80 Å². The molecule has 4 aromatic rings. The van der Waals surface area contributed by atoms with Crippen molar-refractivity contribution in [3.05, 3.63) is 106 Å². The molecule has 7 heteroatoms. The van der Waals surface area contributed by atoms with E-state index >= 15 is 0 Å². The molecule has 0 amide bonds. The van der Waals surface area contributed by atoms with Crippen molar-refractivity contribution in [2.45, 2.75) is 6.18 Å². The molecule has 3 aromatic carbocycles. The summed E-state index contributed by atoms with van der Waals surface area (Å²) in [5.41, 5.74) is 2.82. The molecule has 0 aliphatic carbocycles. The van der Waals surface area contributed by atoms with Crippen LogP contribution in [-0.4, -0.2) is 10.8 Å². The average Bonchev–Trinajstić information content (AvgIpc) is 3.19. The van der Waals surface area contributed by atoms with Crippen LogP contribution >= 0.6 is 11.3 Å². The summed E-state index contributed by atoms with van der Waals surface area (Å²) < 4.78 is 40.1. The van der Waals surface area contributed by atoms with Crippen molar-refractivity contribution in [1.29, 1.82) is 0 Å². The zero-order valence-electron chi connectivity index (χ0n) is 15.6. The highest BCUT2D eigenvalue weighted by atomic mass is 32.1. The van der Waals surface area contributed by atoms with E-state index in [-0.39, 0.29) is 0 Å². The predicted octanol–water partition coefficient (Wildman–Crippen LogP) is 6.16. The third-order valence-corrected chi connectivity index (χ3v) is 5.20. The third-order valence-electron chi connectivity index (χ3n) is 4.38. The van der Waals surface area contributed by atoms with Crippen LogP contribution in [0.1, 0.15) is 11.1 Å². The second-order valence-corrected chi connectivity index (χ2v) is 7.24. The fourth-order valence-corrected chi connectivity index (χ4v) is 3.78. The van der Waals surface area contributed by atoms with E-state index in [1.165, 1.54) is 29.7 Å². The molecule has 0 bridgehead atoms. The summed E-state index contributed by atoms with van der Waals surface area (Å²) in [7, 11) is 0. The molecular weight excluding hydrogens is 407 g/mol. The van der Waals surface area contributed by atoms with Gasteiger partial charge in [0.1, 0.15) is 0 Å². The maximum Gasteiger partial charge on any atom is 0.416 e. The van der Waals surface area contributed by atoms with Crippen LogP contribution in [0.25, 0.3) is 16.9 Å². The van der Waals surface area contributed by atoms with Gasteiger partial charge in [-0.3, -0.25) is 4.57 Å². The smallest absolute Gasteiger partial charge is 0.284 e. The van der Waals surface area contributed by atoms with Crippen LogP contribution in [0, 0.1) is 0 Å². The monoisotopic (exact) mass is 423 g/mol. The minimum absolute atomic E-state index is 0.540. The van der Waals surface area contributed by atoms with Crippen molar-refractivity contribution in [1.82, 2.24) is 4.57 Å². The molecule has 150 valence electrons. The maximum absolute atomic E-state index is 12.7. The fourth-order valence-electron chi connectivity index (χ4n) is 2.92. The zero-order chi connectivity index (χ0) is 21.0. The standard InChI is InChI=1S/C23H16F3N3S/c24-23(25,26)19-13-11-17(12-14-19)15-27-28-22-29(20-9-5-2-6-10-20)21(16-30-22)18-7-3-1-4-8-18/h1-16H/b27-15+,28-22-. The molecule has 1 aromatic heterocycles. The van der Waals surface area contributed by atoms with Gasteiger partial charge in [-0.2, -0.15) is 18.3 Å². The molecule has 0 unspecified atom stereocenters. The van der Waals surface area contributed by atoms with Gasteiger partial charge in [0.25, 0.3) is 0 Å². The van der Waals surface area contributed by atoms with Crippen molar-refractivity contribution in [2.75, 3.05) is 0 Å². The lowest BCUT2D eigenvalue weighted by atomic mass is 10.1. The van der Waals surface area contributed by atoms with Crippen LogP contribution in [0.5, 0.6) is 0 Å². The summed E-state index contributed by atoms with van der Waals surface area (Å²) in [4.78, 5) is 0.656. The molecule has 0 spiro atoms. The van der Waals surface area contributed by atoms with Crippen LogP contribution in [0.4, 0.5) is 13.2 Å². The van der Waals surface area contributed by atoms with Crippen molar-refractivity contribution in [3.63, 3.8) is 0 Å². The zero-order valence-corrected chi connectivity index (χ0v) is 16.4. The van der Waals surface area contributed by atoms with E-state index in [4.69, 9.17) is 0 Å². The Bertz CT molecular complexity index is 1210. The molecule has 30 heavy (non-hydrogen) atoms. The van der Waals surface area contributed by atoms with Crippen molar-refractivity contribution in [3.8, 4) is 16.9 Å². The Morgan fingerprint density at radius 3 is 2.07 bits per heavy atom. The quantitative estimate of drug-likeness (QED) is 0.278. The van der Waals surface area contributed by atoms with E-state index in [1.54, 1.807) is 0 Å². The van der Waals surface area contributed by atoms with Crippen molar-refractivity contribution < 1.29 is 13.2 Å². The molecule has 0 N–H and O–H groups in total. The minimum atomic E-state index is -4.36. The van der Waals surface area contributed by atoms with Crippen LogP contribution in [0.3, 0.4) is 0 Å². The lowest BCUT2D eigenvalue weighted by Gasteiger charge is -2.08. The highest BCUT2D eigenvalue weighted by molar-refractivity contribution is 7.07. The largest absolute Gasteiger partial charge is 0.416 e. The van der Waals surface area contributed by atoms with Gasteiger partial charge in [0, 0.05) is 11.1 Å². The second-order valence-electron chi connectivity index (χ2n) is 6.40. The first-order valence-corrected chi connectivity index (χ1v) is 9.96. The second kappa shape index (κ2) is 8.51. The van der Waals surface area contributed by atoms with Crippen molar-refractivity contribution in [2.24, 2.45) is 10.2 Å². The molecule has 0 atom stereocenters. The number of hydrogen-bond acceptors (Lipinski definition) is 3. The van der Waals surface area contributed by atoms with Gasteiger partial charge in [-0.05, 0) is 35.4 Å². The van der Waals surface area contributed by atoms with Crippen LogP contribution in [-0.2, 0) is 6.18 Å². The first-order chi connectivity index (χ1) is 14.5. The predicted molar refractivity (Wildman–Crippen MR) is 114 cm³/mol. The van der Waals surface area contributed by atoms with E-state index in [0.29, 0.717) is 10.4 Å². The molecule has 0 saturated carbocycles. The van der Waals surface area contributed by atoms with Gasteiger partial charge in [-0.15, -0.1) is 16.4 Å². The minimum Gasteiger partial charge on any atom is -0.284 e. The van der Waals surface area contributed by atoms with Crippen LogP contribution in [0.2, 0.25) is 0 Å². The van der Waals surface area contributed by atoms with Gasteiger partial charge in [-0.25, -0.2) is 0 Å². The van der Waals surface area contributed by atoms with E-state index in [0.717, 1.165) is 29.1 Å². The van der Waals surface area contributed by atoms with Gasteiger partial charge < -0.3 is 0 Å². The number of halogens is 3. The van der Waals surface area contributed by atoms with E-state index in [2.05, 4.69) is 10.2 Å². The SMILES string of the molecule is FC(F)(F)c1ccc(/C=N/N=c2\scc(-c3ccccc3)n2-c2ccccc2)cc1. The maximum atomic E-state index is 12.7. The number of thiazole rings is 1. The Hall–Kier alpha value is -3.45. The van der Waals surface area contributed by atoms with E-state index < -0.39 is 11.7 Å². The summed E-state index contributed by atoms with van der Waals surface area (Å²) in [5, 5.41) is 10.4. The van der Waals surface area contributed by atoms with Gasteiger partial charge in [0.15, 0.2) is 0 Å². The Morgan fingerprint density at radius 2 is 1.43 bits per heavy atom. The van der Waals surface area contributed by atoms with Gasteiger partial charge in [0.2, 0.25) is 4.80 Å². The summed E-state index contributed by atoms with van der Waals surface area (Å²) in [6.07, 6.45) is -2.91. The molecule has 0 aliphatic heterocycles. The summed E-state index contributed by atoms with van der Waals surface area (Å²) in [5.74, 6) is 0. The lowest BCUT2D eigenvalue weighted by molar-refractivity contribution is -0.137. The normalized spacial score (nSPS) is 12.6. The van der Waals surface area contributed by atoms with Crippen molar-refractivity contribution >= 4 is 17.6 Å². The van der Waals surface area contributed by atoms with Crippen LogP contribution in [0.15, 0.2) is 101 Å². The van der Waals surface area contributed by atoms with E-state index in [1.807, 2.05) is 70.6 Å². The first-order valence-electron chi connectivity index (χ1n) is 9.08. The molecule has 3 nitrogen and oxygen atoms in total. The molecule has 0 aliphatic rings. The van der Waals surface area contributed by atoms with Gasteiger partial charge in [-0.1, -0.05) is 60.7 Å². The van der Waals surface area contributed by atoms with E-state index in [9.17, 15) is 13.2 Å². The molecule has 0 fully saturated rings. The number of benzene rings is 3. The Balaban J connectivity index is 1.71. The molecule has 4 rings (SSSR count). The molecule has 1 heterocycles. The summed E-state index contributed by atoms with van der Waals surface area (Å²) in [6, 6.07) is 24.6. The molecule has 0 saturated heterocycles. The lowest BCUT2D eigenvalue weighted by Crippen LogP contribution is -2.13. The highest BCUT2D eigenvalue weighted by Crippen LogP contribution is 2.29. The number of aromatic nitrogens is 1. The Kier molecular flexibility index (Phi) is 5.63. The number of nitrogens with zero attached hydrogens (tertiary/aromatic N) is 3. The Morgan fingerprint density at radius 1 is 0.800 bits per heavy atom. The summed E-state index contributed by atoms with van der Waals surface area (Å²) >= 11 is 1.44.